The lowest BCUT2D eigenvalue weighted by molar-refractivity contribution is 0.0979. The monoisotopic (exact) mass is 208 g/mol. The Hall–Kier alpha value is -1.66. The van der Waals surface area contributed by atoms with Gasteiger partial charge in [-0.3, -0.25) is 4.79 Å². The van der Waals surface area contributed by atoms with E-state index in [2.05, 4.69) is 10.7 Å². The van der Waals surface area contributed by atoms with Crippen molar-refractivity contribution in [1.29, 1.82) is 0 Å². The quantitative estimate of drug-likeness (QED) is 0.589. The SMILES string of the molecule is NC(=O)c1c(C(F)F)cc(F)nc1F. The molecule has 1 rings (SSSR count). The summed E-state index contributed by atoms with van der Waals surface area (Å²) in [6.45, 7) is 0. The van der Waals surface area contributed by atoms with Gasteiger partial charge >= 0.3 is 0 Å². The molecule has 3 nitrogen and oxygen atoms in total. The molecule has 1 heterocycles. The molecule has 0 aliphatic carbocycles. The number of carbonyl (C=O) groups excluding carboxylic acids is 1. The zero-order chi connectivity index (χ0) is 10.9. The van der Waals surface area contributed by atoms with E-state index in [0.717, 1.165) is 0 Å². The van der Waals surface area contributed by atoms with Crippen molar-refractivity contribution >= 4 is 5.91 Å². The minimum atomic E-state index is -3.19. The van der Waals surface area contributed by atoms with Crippen LogP contribution < -0.4 is 5.73 Å². The summed E-state index contributed by atoms with van der Waals surface area (Å²) in [6, 6.07) is 0.272. The number of carbonyl (C=O) groups is 1. The molecule has 0 saturated carbocycles. The first-order valence-corrected chi connectivity index (χ1v) is 3.37. The number of primary amides is 1. The zero-order valence-electron chi connectivity index (χ0n) is 6.60. The molecule has 7 heteroatoms. The van der Waals surface area contributed by atoms with Crippen LogP contribution in [-0.4, -0.2) is 10.9 Å². The Morgan fingerprint density at radius 2 is 2.00 bits per heavy atom. The highest BCUT2D eigenvalue weighted by atomic mass is 19.3. The number of hydrogen-bond donors (Lipinski definition) is 1. The average molecular weight is 208 g/mol. The van der Waals surface area contributed by atoms with Gasteiger partial charge < -0.3 is 5.73 Å². The topological polar surface area (TPSA) is 56.0 Å². The maximum atomic E-state index is 12.7. The third kappa shape index (κ3) is 1.81. The molecule has 1 aromatic rings. The van der Waals surface area contributed by atoms with Gasteiger partial charge in [0, 0.05) is 11.6 Å². The predicted molar refractivity (Wildman–Crippen MR) is 37.6 cm³/mol. The average Bonchev–Trinajstić information content (AvgIpc) is 2.01. The van der Waals surface area contributed by atoms with Gasteiger partial charge in [0.15, 0.2) is 0 Å². The van der Waals surface area contributed by atoms with Gasteiger partial charge in [0.1, 0.15) is 5.56 Å². The van der Waals surface area contributed by atoms with Crippen LogP contribution in [0.25, 0.3) is 0 Å². The number of aromatic nitrogens is 1. The molecular formula is C7H4F4N2O. The Bertz CT molecular complexity index is 380. The molecule has 0 saturated heterocycles. The summed E-state index contributed by atoms with van der Waals surface area (Å²) in [5, 5.41) is 0. The molecule has 2 N–H and O–H groups in total. The van der Waals surface area contributed by atoms with Gasteiger partial charge in [0.25, 0.3) is 12.3 Å². The molecule has 0 atom stereocenters. The van der Waals surface area contributed by atoms with Crippen LogP contribution in [0.15, 0.2) is 6.07 Å². The highest BCUT2D eigenvalue weighted by Crippen LogP contribution is 2.24. The van der Waals surface area contributed by atoms with Crippen LogP contribution >= 0.6 is 0 Å². The fourth-order valence-corrected chi connectivity index (χ4v) is 0.918. The van der Waals surface area contributed by atoms with Crippen LogP contribution in [-0.2, 0) is 0 Å². The van der Waals surface area contributed by atoms with Gasteiger partial charge in [0.2, 0.25) is 11.9 Å². The second-order valence-corrected chi connectivity index (χ2v) is 2.36. The highest BCUT2D eigenvalue weighted by molar-refractivity contribution is 5.94. The van der Waals surface area contributed by atoms with E-state index >= 15 is 0 Å². The van der Waals surface area contributed by atoms with Gasteiger partial charge in [-0.1, -0.05) is 0 Å². The minimum absolute atomic E-state index is 0.272. The van der Waals surface area contributed by atoms with E-state index in [1.54, 1.807) is 0 Å². The van der Waals surface area contributed by atoms with Crippen LogP contribution in [0.4, 0.5) is 17.6 Å². The van der Waals surface area contributed by atoms with Crippen LogP contribution in [0.1, 0.15) is 22.3 Å². The van der Waals surface area contributed by atoms with Crippen molar-refractivity contribution in [3.05, 3.63) is 29.1 Å². The molecule has 76 valence electrons. The fourth-order valence-electron chi connectivity index (χ4n) is 0.918. The molecule has 0 unspecified atom stereocenters. The summed E-state index contributed by atoms with van der Waals surface area (Å²) in [5.74, 6) is -4.47. The first-order valence-electron chi connectivity index (χ1n) is 3.37. The van der Waals surface area contributed by atoms with Gasteiger partial charge in [0.05, 0.1) is 0 Å². The largest absolute Gasteiger partial charge is 0.365 e. The standard InChI is InChI=1S/C7H4F4N2O/c8-3-1-2(5(9)10)4(7(12)14)6(11)13-3/h1,5H,(H2,12,14). The Labute approximate surface area is 75.5 Å². The third-order valence-corrected chi connectivity index (χ3v) is 1.46. The normalized spacial score (nSPS) is 10.6. The van der Waals surface area contributed by atoms with Crippen LogP contribution in [0, 0.1) is 11.9 Å². The number of alkyl halides is 2. The number of pyridine rings is 1. The first kappa shape index (κ1) is 10.4. The summed E-state index contributed by atoms with van der Waals surface area (Å²) in [7, 11) is 0. The van der Waals surface area contributed by atoms with Gasteiger partial charge in [-0.25, -0.2) is 8.78 Å². The second kappa shape index (κ2) is 3.60. The molecule has 0 aromatic carbocycles. The Morgan fingerprint density at radius 1 is 1.43 bits per heavy atom. The lowest BCUT2D eigenvalue weighted by Gasteiger charge is -2.05. The lowest BCUT2D eigenvalue weighted by atomic mass is 10.1. The summed E-state index contributed by atoms with van der Waals surface area (Å²) >= 11 is 0. The summed E-state index contributed by atoms with van der Waals surface area (Å²) in [4.78, 5) is 13.1. The van der Waals surface area contributed by atoms with E-state index in [1.807, 2.05) is 0 Å². The van der Waals surface area contributed by atoms with Crippen molar-refractivity contribution < 1.29 is 22.4 Å². The van der Waals surface area contributed by atoms with Crippen LogP contribution in [0.3, 0.4) is 0 Å². The molecule has 1 aromatic heterocycles. The molecule has 14 heavy (non-hydrogen) atoms. The Morgan fingerprint density at radius 3 is 2.43 bits per heavy atom. The molecule has 0 radical (unpaired) electrons. The van der Waals surface area contributed by atoms with Crippen molar-refractivity contribution in [2.75, 3.05) is 0 Å². The predicted octanol–water partition coefficient (Wildman–Crippen LogP) is 1.40. The molecule has 1 amide bonds. The summed E-state index contributed by atoms with van der Waals surface area (Å²) in [6.07, 6.45) is -3.19. The van der Waals surface area contributed by atoms with Crippen molar-refractivity contribution in [3.63, 3.8) is 0 Å². The van der Waals surface area contributed by atoms with E-state index in [1.165, 1.54) is 0 Å². The van der Waals surface area contributed by atoms with Gasteiger partial charge in [-0.05, 0) is 0 Å². The van der Waals surface area contributed by atoms with E-state index < -0.39 is 35.4 Å². The number of nitrogens with two attached hydrogens (primary N) is 1. The molecule has 0 spiro atoms. The highest BCUT2D eigenvalue weighted by Gasteiger charge is 2.23. The maximum Gasteiger partial charge on any atom is 0.264 e. The number of amides is 1. The van der Waals surface area contributed by atoms with Crippen molar-refractivity contribution in [2.45, 2.75) is 6.43 Å². The minimum Gasteiger partial charge on any atom is -0.365 e. The van der Waals surface area contributed by atoms with Crippen LogP contribution in [0.5, 0.6) is 0 Å². The van der Waals surface area contributed by atoms with Crippen LogP contribution in [0.2, 0.25) is 0 Å². The zero-order valence-corrected chi connectivity index (χ0v) is 6.60. The first-order chi connectivity index (χ1) is 6.43. The van der Waals surface area contributed by atoms with Crippen molar-refractivity contribution in [3.8, 4) is 0 Å². The molecule has 0 bridgehead atoms. The lowest BCUT2D eigenvalue weighted by Crippen LogP contribution is -2.18. The van der Waals surface area contributed by atoms with E-state index in [9.17, 15) is 22.4 Å². The Kier molecular flexibility index (Phi) is 2.68. The molecule has 0 aliphatic rings. The number of rotatable bonds is 2. The fraction of sp³-hybridized carbons (Fsp3) is 0.143. The van der Waals surface area contributed by atoms with E-state index in [0.29, 0.717) is 0 Å². The number of hydrogen-bond acceptors (Lipinski definition) is 2. The Balaban J connectivity index is 3.44. The number of halogens is 4. The van der Waals surface area contributed by atoms with Gasteiger partial charge in [-0.2, -0.15) is 13.8 Å². The smallest absolute Gasteiger partial charge is 0.264 e. The molecule has 0 aliphatic heterocycles. The maximum absolute atomic E-state index is 12.7. The van der Waals surface area contributed by atoms with Gasteiger partial charge in [-0.15, -0.1) is 0 Å². The van der Waals surface area contributed by atoms with Crippen molar-refractivity contribution in [2.24, 2.45) is 5.73 Å². The van der Waals surface area contributed by atoms with E-state index in [4.69, 9.17) is 0 Å². The third-order valence-electron chi connectivity index (χ3n) is 1.46. The summed E-state index contributed by atoms with van der Waals surface area (Å²) in [5.41, 5.74) is 2.45. The van der Waals surface area contributed by atoms with E-state index in [-0.39, 0.29) is 6.07 Å². The second-order valence-electron chi connectivity index (χ2n) is 2.36. The molecular weight excluding hydrogens is 204 g/mol. The molecule has 0 fully saturated rings. The summed E-state index contributed by atoms with van der Waals surface area (Å²) < 4.78 is 49.5. The van der Waals surface area contributed by atoms with Crippen molar-refractivity contribution in [1.82, 2.24) is 4.98 Å². The number of nitrogens with zero attached hydrogens (tertiary/aromatic N) is 1.